The third-order valence-corrected chi connectivity index (χ3v) is 3.91. The van der Waals surface area contributed by atoms with Crippen LogP contribution in [0.25, 0.3) is 0 Å². The van der Waals surface area contributed by atoms with Crippen molar-refractivity contribution in [1.82, 2.24) is 0 Å². The van der Waals surface area contributed by atoms with Gasteiger partial charge in [-0.1, -0.05) is 0 Å². The van der Waals surface area contributed by atoms with Gasteiger partial charge in [-0.05, 0) is 25.7 Å². The topological polar surface area (TPSA) is 0 Å². The Morgan fingerprint density at radius 1 is 0.588 bits per heavy atom. The molecular formula is C11H14F6. The van der Waals surface area contributed by atoms with Crippen molar-refractivity contribution in [3.8, 4) is 0 Å². The summed E-state index contributed by atoms with van der Waals surface area (Å²) in [6.07, 6.45) is -9.75. The molecule has 17 heavy (non-hydrogen) atoms. The molecule has 2 aliphatic rings. The average molecular weight is 260 g/mol. The van der Waals surface area contributed by atoms with E-state index in [0.717, 1.165) is 0 Å². The van der Waals surface area contributed by atoms with Gasteiger partial charge in [0.15, 0.2) is 0 Å². The van der Waals surface area contributed by atoms with E-state index in [1.54, 1.807) is 0 Å². The molecule has 2 saturated carbocycles. The maximum absolute atomic E-state index is 13.9. The minimum absolute atomic E-state index is 0.557. The van der Waals surface area contributed by atoms with Crippen molar-refractivity contribution in [2.24, 2.45) is 11.8 Å². The van der Waals surface area contributed by atoms with Crippen molar-refractivity contribution in [1.29, 1.82) is 0 Å². The first-order valence-electron chi connectivity index (χ1n) is 5.76. The number of alkyl halides is 6. The SMILES string of the molecule is FC1CC(C(F)(F)C2CC(F)C(F)C2)CC1F. The third-order valence-electron chi connectivity index (χ3n) is 3.91. The van der Waals surface area contributed by atoms with Gasteiger partial charge in [0.2, 0.25) is 0 Å². The summed E-state index contributed by atoms with van der Waals surface area (Å²) in [5, 5.41) is 0. The predicted octanol–water partition coefficient (Wildman–Crippen LogP) is 3.79. The van der Waals surface area contributed by atoms with Gasteiger partial charge in [-0.25, -0.2) is 26.3 Å². The van der Waals surface area contributed by atoms with E-state index in [-0.39, 0.29) is 0 Å². The molecule has 0 amide bonds. The summed E-state index contributed by atoms with van der Waals surface area (Å²) in [7, 11) is 0. The first-order chi connectivity index (χ1) is 7.82. The van der Waals surface area contributed by atoms with E-state index in [1.165, 1.54) is 0 Å². The lowest BCUT2D eigenvalue weighted by atomic mass is 9.87. The summed E-state index contributed by atoms with van der Waals surface area (Å²) in [5.41, 5.74) is 0. The molecule has 2 rings (SSSR count). The molecule has 4 unspecified atom stereocenters. The number of halogens is 6. The Morgan fingerprint density at radius 2 is 0.824 bits per heavy atom. The van der Waals surface area contributed by atoms with Gasteiger partial charge in [-0.15, -0.1) is 0 Å². The van der Waals surface area contributed by atoms with Gasteiger partial charge < -0.3 is 0 Å². The van der Waals surface area contributed by atoms with Gasteiger partial charge in [-0.3, -0.25) is 0 Å². The number of hydrogen-bond acceptors (Lipinski definition) is 0. The van der Waals surface area contributed by atoms with Crippen LogP contribution >= 0.6 is 0 Å². The largest absolute Gasteiger partial charge is 0.254 e. The minimum atomic E-state index is -3.38. The molecule has 2 fully saturated rings. The zero-order chi connectivity index (χ0) is 12.8. The van der Waals surface area contributed by atoms with Crippen LogP contribution in [-0.2, 0) is 0 Å². The molecule has 2 aliphatic carbocycles. The summed E-state index contributed by atoms with van der Waals surface area (Å²) in [4.78, 5) is 0. The molecule has 0 aliphatic heterocycles. The van der Waals surface area contributed by atoms with Gasteiger partial charge in [0, 0.05) is 11.8 Å². The number of rotatable bonds is 2. The Bertz CT molecular complexity index is 235. The monoisotopic (exact) mass is 260 g/mol. The van der Waals surface area contributed by atoms with Crippen molar-refractivity contribution in [2.45, 2.75) is 56.3 Å². The second kappa shape index (κ2) is 4.35. The van der Waals surface area contributed by atoms with Crippen LogP contribution in [0.5, 0.6) is 0 Å². The standard InChI is InChI=1S/C11H14F6/c12-7-1-5(2-8(7)13)11(16,17)6-3-9(14)10(15)4-6/h5-10H,1-4H2. The Kier molecular flexibility index (Phi) is 3.34. The van der Waals surface area contributed by atoms with Gasteiger partial charge in [0.1, 0.15) is 24.7 Å². The molecule has 0 saturated heterocycles. The fourth-order valence-electron chi connectivity index (χ4n) is 2.83. The highest BCUT2D eigenvalue weighted by Gasteiger charge is 2.56. The zero-order valence-corrected chi connectivity index (χ0v) is 9.06. The highest BCUT2D eigenvalue weighted by molar-refractivity contribution is 4.98. The van der Waals surface area contributed by atoms with Crippen LogP contribution in [0.3, 0.4) is 0 Å². The molecule has 0 spiro atoms. The van der Waals surface area contributed by atoms with Crippen LogP contribution in [0.2, 0.25) is 0 Å². The molecule has 0 aromatic rings. The van der Waals surface area contributed by atoms with E-state index in [1.807, 2.05) is 0 Å². The first-order valence-corrected chi connectivity index (χ1v) is 5.76. The molecule has 100 valence electrons. The fourth-order valence-corrected chi connectivity index (χ4v) is 2.83. The lowest BCUT2D eigenvalue weighted by molar-refractivity contribution is -0.109. The molecule has 0 aromatic carbocycles. The van der Waals surface area contributed by atoms with E-state index in [4.69, 9.17) is 0 Å². The lowest BCUT2D eigenvalue weighted by Gasteiger charge is -2.28. The van der Waals surface area contributed by atoms with E-state index >= 15 is 0 Å². The highest BCUT2D eigenvalue weighted by Crippen LogP contribution is 2.50. The average Bonchev–Trinajstić information content (AvgIpc) is 2.74. The maximum atomic E-state index is 13.9. The molecule has 0 aromatic heterocycles. The molecule has 0 bridgehead atoms. The zero-order valence-electron chi connectivity index (χ0n) is 9.06. The van der Waals surface area contributed by atoms with E-state index < -0.39 is 68.1 Å². The predicted molar refractivity (Wildman–Crippen MR) is 50.0 cm³/mol. The highest BCUT2D eigenvalue weighted by atomic mass is 19.3. The van der Waals surface area contributed by atoms with E-state index in [0.29, 0.717) is 0 Å². The summed E-state index contributed by atoms with van der Waals surface area (Å²) < 4.78 is 79.2. The van der Waals surface area contributed by atoms with Gasteiger partial charge in [-0.2, -0.15) is 0 Å². The molecule has 0 heterocycles. The third kappa shape index (κ3) is 2.27. The smallest absolute Gasteiger partial charge is 0.244 e. The van der Waals surface area contributed by atoms with Crippen molar-refractivity contribution in [2.75, 3.05) is 0 Å². The van der Waals surface area contributed by atoms with E-state index in [9.17, 15) is 26.3 Å². The van der Waals surface area contributed by atoms with Crippen molar-refractivity contribution >= 4 is 0 Å². The second-order valence-electron chi connectivity index (χ2n) is 5.08. The van der Waals surface area contributed by atoms with Crippen molar-refractivity contribution in [3.05, 3.63) is 0 Å². The maximum Gasteiger partial charge on any atom is 0.254 e. The van der Waals surface area contributed by atoms with Crippen LogP contribution in [-0.4, -0.2) is 30.6 Å². The van der Waals surface area contributed by atoms with E-state index in [2.05, 4.69) is 0 Å². The summed E-state index contributed by atoms with van der Waals surface area (Å²) in [6, 6.07) is 0. The van der Waals surface area contributed by atoms with Crippen molar-refractivity contribution in [3.63, 3.8) is 0 Å². The fraction of sp³-hybridized carbons (Fsp3) is 1.00. The van der Waals surface area contributed by atoms with Gasteiger partial charge in [0.25, 0.3) is 5.92 Å². The summed E-state index contributed by atoms with van der Waals surface area (Å²) in [5.74, 6) is -6.25. The van der Waals surface area contributed by atoms with Crippen molar-refractivity contribution < 1.29 is 26.3 Å². The Labute approximate surface area is 95.4 Å². The summed E-state index contributed by atoms with van der Waals surface area (Å²) in [6.45, 7) is 0. The van der Waals surface area contributed by atoms with Gasteiger partial charge in [0.05, 0.1) is 0 Å². The molecule has 0 radical (unpaired) electrons. The van der Waals surface area contributed by atoms with Crippen LogP contribution in [0.4, 0.5) is 26.3 Å². The summed E-state index contributed by atoms with van der Waals surface area (Å²) >= 11 is 0. The van der Waals surface area contributed by atoms with Crippen LogP contribution < -0.4 is 0 Å². The van der Waals surface area contributed by atoms with Gasteiger partial charge >= 0.3 is 0 Å². The van der Waals surface area contributed by atoms with Crippen LogP contribution in [0, 0.1) is 11.8 Å². The Hall–Kier alpha value is -0.420. The molecule has 0 N–H and O–H groups in total. The Balaban J connectivity index is 2.04. The normalized spacial score (nSPS) is 47.6. The quantitative estimate of drug-likeness (QED) is 0.662. The molecular weight excluding hydrogens is 246 g/mol. The molecule has 0 nitrogen and oxygen atoms in total. The van der Waals surface area contributed by atoms with Crippen LogP contribution in [0.15, 0.2) is 0 Å². The Morgan fingerprint density at radius 3 is 1.06 bits per heavy atom. The minimum Gasteiger partial charge on any atom is -0.244 e. The molecule has 6 heteroatoms. The first kappa shape index (κ1) is 13.0. The second-order valence-corrected chi connectivity index (χ2v) is 5.08. The lowest BCUT2D eigenvalue weighted by Crippen LogP contribution is -2.35. The van der Waals surface area contributed by atoms with Crippen LogP contribution in [0.1, 0.15) is 25.7 Å². The molecule has 4 atom stereocenters. The number of hydrogen-bond donors (Lipinski definition) is 0.